The Kier molecular flexibility index (Phi) is 1.59. The molecule has 13 heavy (non-hydrogen) atoms. The summed E-state index contributed by atoms with van der Waals surface area (Å²) >= 11 is 0. The van der Waals surface area contributed by atoms with Gasteiger partial charge in [-0.15, -0.1) is 0 Å². The average Bonchev–Trinajstić information content (AvgIpc) is 2.44. The fourth-order valence-corrected chi connectivity index (χ4v) is 1.00. The van der Waals surface area contributed by atoms with Gasteiger partial charge in [-0.1, -0.05) is 0 Å². The Labute approximate surface area is 72.8 Å². The summed E-state index contributed by atoms with van der Waals surface area (Å²) in [6.45, 7) is 0. The molecule has 0 unspecified atom stereocenters. The largest absolute Gasteiger partial charge is 0.465 e. The molecule has 0 spiro atoms. The van der Waals surface area contributed by atoms with Crippen LogP contribution in [0.5, 0.6) is 0 Å². The Bertz CT molecular complexity index is 417. The number of amides is 1. The van der Waals surface area contributed by atoms with Crippen LogP contribution in [0.1, 0.15) is 0 Å². The Morgan fingerprint density at radius 3 is 3.15 bits per heavy atom. The zero-order valence-corrected chi connectivity index (χ0v) is 6.51. The van der Waals surface area contributed by atoms with E-state index in [4.69, 9.17) is 5.11 Å². The molecule has 6 heteroatoms. The highest BCUT2D eigenvalue weighted by Gasteiger charge is 2.03. The molecule has 66 valence electrons. The lowest BCUT2D eigenvalue weighted by atomic mass is 10.6. The van der Waals surface area contributed by atoms with Gasteiger partial charge in [0.2, 0.25) is 0 Å². The summed E-state index contributed by atoms with van der Waals surface area (Å²) in [6.07, 6.45) is 1.96. The molecular weight excluding hydrogens is 172 g/mol. The van der Waals surface area contributed by atoms with E-state index in [0.717, 1.165) is 0 Å². The van der Waals surface area contributed by atoms with Gasteiger partial charge in [0.25, 0.3) is 0 Å². The first-order chi connectivity index (χ1) is 6.25. The lowest BCUT2D eigenvalue weighted by molar-refractivity contribution is 0.209. The SMILES string of the molecule is O=C(O)Nc1cn2ncccc2n1. The number of hydrogen-bond donors (Lipinski definition) is 2. The summed E-state index contributed by atoms with van der Waals surface area (Å²) in [6, 6.07) is 3.47. The minimum atomic E-state index is -1.14. The van der Waals surface area contributed by atoms with Gasteiger partial charge in [0, 0.05) is 6.20 Å². The van der Waals surface area contributed by atoms with Crippen molar-refractivity contribution in [3.8, 4) is 0 Å². The summed E-state index contributed by atoms with van der Waals surface area (Å²) < 4.78 is 1.49. The van der Waals surface area contributed by atoms with Crippen molar-refractivity contribution >= 4 is 17.6 Å². The second kappa shape index (κ2) is 2.74. The van der Waals surface area contributed by atoms with Gasteiger partial charge in [-0.2, -0.15) is 5.10 Å². The normalized spacial score (nSPS) is 10.2. The highest BCUT2D eigenvalue weighted by molar-refractivity contribution is 5.81. The van der Waals surface area contributed by atoms with Crippen LogP contribution in [0.2, 0.25) is 0 Å². The molecule has 0 aliphatic carbocycles. The topological polar surface area (TPSA) is 79.5 Å². The van der Waals surface area contributed by atoms with Gasteiger partial charge < -0.3 is 5.11 Å². The third-order valence-electron chi connectivity index (χ3n) is 1.47. The highest BCUT2D eigenvalue weighted by Crippen LogP contribution is 2.06. The molecule has 0 saturated heterocycles. The van der Waals surface area contributed by atoms with E-state index < -0.39 is 6.09 Å². The number of rotatable bonds is 1. The summed E-state index contributed by atoms with van der Waals surface area (Å²) in [5.41, 5.74) is 0.603. The van der Waals surface area contributed by atoms with E-state index in [1.54, 1.807) is 18.3 Å². The maximum atomic E-state index is 10.3. The maximum absolute atomic E-state index is 10.3. The van der Waals surface area contributed by atoms with Crippen molar-refractivity contribution in [3.63, 3.8) is 0 Å². The van der Waals surface area contributed by atoms with Crippen LogP contribution in [-0.2, 0) is 0 Å². The number of nitrogens with zero attached hydrogens (tertiary/aromatic N) is 3. The summed E-state index contributed by atoms with van der Waals surface area (Å²) in [7, 11) is 0. The fourth-order valence-electron chi connectivity index (χ4n) is 1.00. The van der Waals surface area contributed by atoms with Gasteiger partial charge >= 0.3 is 6.09 Å². The molecule has 0 bridgehead atoms. The van der Waals surface area contributed by atoms with Crippen LogP contribution >= 0.6 is 0 Å². The van der Waals surface area contributed by atoms with Crippen molar-refractivity contribution in [2.45, 2.75) is 0 Å². The van der Waals surface area contributed by atoms with Crippen molar-refractivity contribution in [3.05, 3.63) is 24.5 Å². The maximum Gasteiger partial charge on any atom is 0.410 e. The Balaban J connectivity index is 2.44. The third kappa shape index (κ3) is 1.41. The van der Waals surface area contributed by atoms with E-state index in [1.165, 1.54) is 10.7 Å². The van der Waals surface area contributed by atoms with Crippen LogP contribution in [0, 0.1) is 0 Å². The number of nitrogens with one attached hydrogen (secondary N) is 1. The number of anilines is 1. The quantitative estimate of drug-likeness (QED) is 0.677. The molecule has 0 saturated carbocycles. The number of aromatic nitrogens is 3. The number of hydrogen-bond acceptors (Lipinski definition) is 3. The van der Waals surface area contributed by atoms with Crippen LogP contribution in [0.3, 0.4) is 0 Å². The second-order valence-corrected chi connectivity index (χ2v) is 2.38. The number of imidazole rings is 1. The first-order valence-electron chi connectivity index (χ1n) is 3.56. The molecule has 0 fully saturated rings. The molecule has 2 rings (SSSR count). The predicted octanol–water partition coefficient (Wildman–Crippen LogP) is 0.819. The van der Waals surface area contributed by atoms with Gasteiger partial charge in [-0.05, 0) is 12.1 Å². The van der Waals surface area contributed by atoms with Crippen LogP contribution in [0.4, 0.5) is 10.6 Å². The standard InChI is InChI=1S/C7H6N4O2/c12-7(13)10-5-4-11-6(9-5)2-1-3-8-11/h1-4,10H,(H,12,13). The molecule has 2 aromatic rings. The van der Waals surface area contributed by atoms with Gasteiger partial charge in [0.15, 0.2) is 11.5 Å². The molecule has 0 aliphatic rings. The molecular formula is C7H6N4O2. The molecule has 1 amide bonds. The Morgan fingerprint density at radius 2 is 2.46 bits per heavy atom. The van der Waals surface area contributed by atoms with E-state index in [9.17, 15) is 4.79 Å². The molecule has 6 nitrogen and oxygen atoms in total. The van der Waals surface area contributed by atoms with E-state index in [-0.39, 0.29) is 5.82 Å². The molecule has 0 aliphatic heterocycles. The monoisotopic (exact) mass is 178 g/mol. The lowest BCUT2D eigenvalue weighted by Crippen LogP contribution is -2.07. The summed E-state index contributed by atoms with van der Waals surface area (Å²) in [4.78, 5) is 14.2. The van der Waals surface area contributed by atoms with Crippen molar-refractivity contribution in [2.24, 2.45) is 0 Å². The van der Waals surface area contributed by atoms with Gasteiger partial charge in [0.05, 0.1) is 6.20 Å². The van der Waals surface area contributed by atoms with E-state index in [0.29, 0.717) is 5.65 Å². The molecule has 0 radical (unpaired) electrons. The van der Waals surface area contributed by atoms with E-state index in [1.807, 2.05) is 0 Å². The molecule has 2 N–H and O–H groups in total. The van der Waals surface area contributed by atoms with Crippen molar-refractivity contribution < 1.29 is 9.90 Å². The number of carboxylic acid groups (broad SMARTS) is 1. The number of fused-ring (bicyclic) bond motifs is 1. The fraction of sp³-hybridized carbons (Fsp3) is 0. The van der Waals surface area contributed by atoms with Crippen molar-refractivity contribution in [1.82, 2.24) is 14.6 Å². The predicted molar refractivity (Wildman–Crippen MR) is 44.6 cm³/mol. The first-order valence-corrected chi connectivity index (χ1v) is 3.56. The minimum Gasteiger partial charge on any atom is -0.465 e. The average molecular weight is 178 g/mol. The van der Waals surface area contributed by atoms with Gasteiger partial charge in [-0.25, -0.2) is 14.3 Å². The molecule has 2 heterocycles. The van der Waals surface area contributed by atoms with Gasteiger partial charge in [-0.3, -0.25) is 5.32 Å². The Hall–Kier alpha value is -2.11. The van der Waals surface area contributed by atoms with Crippen LogP contribution < -0.4 is 5.32 Å². The molecule has 0 atom stereocenters. The van der Waals surface area contributed by atoms with E-state index in [2.05, 4.69) is 15.4 Å². The van der Waals surface area contributed by atoms with Crippen LogP contribution in [-0.4, -0.2) is 25.8 Å². The summed E-state index contributed by atoms with van der Waals surface area (Å²) in [5.74, 6) is 0.270. The second-order valence-electron chi connectivity index (χ2n) is 2.38. The Morgan fingerprint density at radius 1 is 1.62 bits per heavy atom. The third-order valence-corrected chi connectivity index (χ3v) is 1.47. The first kappa shape index (κ1) is 7.53. The van der Waals surface area contributed by atoms with Crippen molar-refractivity contribution in [2.75, 3.05) is 5.32 Å². The summed E-state index contributed by atoms with van der Waals surface area (Å²) in [5, 5.41) is 14.5. The zero-order valence-electron chi connectivity index (χ0n) is 6.51. The zero-order chi connectivity index (χ0) is 9.26. The van der Waals surface area contributed by atoms with Crippen LogP contribution in [0.25, 0.3) is 5.65 Å². The molecule has 0 aromatic carbocycles. The smallest absolute Gasteiger partial charge is 0.410 e. The van der Waals surface area contributed by atoms with Gasteiger partial charge in [0.1, 0.15) is 0 Å². The minimum absolute atomic E-state index is 0.270. The molecule has 2 aromatic heterocycles. The van der Waals surface area contributed by atoms with Crippen molar-refractivity contribution in [1.29, 1.82) is 0 Å². The lowest BCUT2D eigenvalue weighted by Gasteiger charge is -1.89. The van der Waals surface area contributed by atoms with Crippen LogP contribution in [0.15, 0.2) is 24.5 Å². The number of carbonyl (C=O) groups is 1. The highest BCUT2D eigenvalue weighted by atomic mass is 16.4. The van der Waals surface area contributed by atoms with E-state index >= 15 is 0 Å².